The Morgan fingerprint density at radius 3 is 2.61 bits per heavy atom. The molecule has 0 saturated heterocycles. The summed E-state index contributed by atoms with van der Waals surface area (Å²) in [5.41, 5.74) is 0.187. The minimum Gasteiger partial charge on any atom is -0.312 e. The van der Waals surface area contributed by atoms with Gasteiger partial charge in [-0.15, -0.1) is 11.3 Å². The minimum absolute atomic E-state index is 0.187. The van der Waals surface area contributed by atoms with Crippen molar-refractivity contribution in [3.63, 3.8) is 0 Å². The van der Waals surface area contributed by atoms with Gasteiger partial charge in [0, 0.05) is 23.0 Å². The minimum atomic E-state index is 0.187. The van der Waals surface area contributed by atoms with Gasteiger partial charge < -0.3 is 5.32 Å². The number of rotatable bonds is 4. The number of nitrogens with one attached hydrogen (secondary N) is 1. The molecular formula is C15H26N2S. The summed E-state index contributed by atoms with van der Waals surface area (Å²) in [6.07, 6.45) is 9.19. The van der Waals surface area contributed by atoms with E-state index in [9.17, 15) is 0 Å². The lowest BCUT2D eigenvalue weighted by molar-refractivity contribution is 0.342. The van der Waals surface area contributed by atoms with Crippen LogP contribution in [0.2, 0.25) is 0 Å². The zero-order valence-corrected chi connectivity index (χ0v) is 12.8. The third-order valence-electron chi connectivity index (χ3n) is 3.65. The van der Waals surface area contributed by atoms with E-state index in [2.05, 4.69) is 31.1 Å². The molecule has 3 heteroatoms. The second kappa shape index (κ2) is 6.16. The average molecular weight is 266 g/mol. The van der Waals surface area contributed by atoms with Gasteiger partial charge in [0.2, 0.25) is 0 Å². The van der Waals surface area contributed by atoms with Crippen LogP contribution < -0.4 is 5.32 Å². The van der Waals surface area contributed by atoms with Crippen molar-refractivity contribution in [1.82, 2.24) is 10.3 Å². The lowest BCUT2D eigenvalue weighted by atomic mass is 9.89. The summed E-state index contributed by atoms with van der Waals surface area (Å²) in [6.45, 7) is 8.86. The summed E-state index contributed by atoms with van der Waals surface area (Å²) in [7, 11) is 0. The Hall–Kier alpha value is -0.410. The van der Waals surface area contributed by atoms with Crippen LogP contribution in [0.3, 0.4) is 0 Å². The highest BCUT2D eigenvalue weighted by atomic mass is 32.1. The number of nitrogens with zero attached hydrogens (tertiary/aromatic N) is 1. The van der Waals surface area contributed by atoms with Crippen molar-refractivity contribution >= 4 is 11.3 Å². The van der Waals surface area contributed by atoms with Gasteiger partial charge >= 0.3 is 0 Å². The van der Waals surface area contributed by atoms with E-state index >= 15 is 0 Å². The van der Waals surface area contributed by atoms with Crippen LogP contribution in [-0.2, 0) is 12.0 Å². The van der Waals surface area contributed by atoms with Crippen LogP contribution in [0.5, 0.6) is 0 Å². The maximum atomic E-state index is 4.53. The molecule has 1 heterocycles. The molecule has 0 unspecified atom stereocenters. The van der Waals surface area contributed by atoms with Gasteiger partial charge in [0.15, 0.2) is 0 Å². The summed E-state index contributed by atoms with van der Waals surface area (Å²) in [4.78, 5) is 5.90. The predicted molar refractivity (Wildman–Crippen MR) is 79.1 cm³/mol. The summed E-state index contributed by atoms with van der Waals surface area (Å²) >= 11 is 1.85. The lowest BCUT2D eigenvalue weighted by Crippen LogP contribution is -2.23. The Morgan fingerprint density at radius 2 is 2.00 bits per heavy atom. The molecule has 2 rings (SSSR count). The van der Waals surface area contributed by atoms with Crippen LogP contribution in [0.4, 0.5) is 0 Å². The van der Waals surface area contributed by atoms with Gasteiger partial charge in [-0.1, -0.05) is 40.0 Å². The molecule has 0 aliphatic heterocycles. The summed E-state index contributed by atoms with van der Waals surface area (Å²) in [6, 6.07) is 0. The smallest absolute Gasteiger partial charge is 0.0981 e. The fourth-order valence-corrected chi connectivity index (χ4v) is 3.47. The molecular weight excluding hydrogens is 240 g/mol. The topological polar surface area (TPSA) is 24.9 Å². The molecule has 0 radical (unpaired) electrons. The first kappa shape index (κ1) is 14.0. The average Bonchev–Trinajstić information content (AvgIpc) is 2.79. The molecule has 1 aliphatic rings. The highest BCUT2D eigenvalue weighted by Gasteiger charge is 2.18. The highest BCUT2D eigenvalue weighted by molar-refractivity contribution is 7.11. The SMILES string of the molecule is CC(C)(C)c1ncc(CNCC2CCCCC2)s1. The molecule has 1 saturated carbocycles. The Kier molecular flexibility index (Phi) is 4.79. The van der Waals surface area contributed by atoms with Crippen molar-refractivity contribution in [2.24, 2.45) is 5.92 Å². The molecule has 0 amide bonds. The molecule has 0 aromatic carbocycles. The fourth-order valence-electron chi connectivity index (χ4n) is 2.53. The standard InChI is InChI=1S/C15H26N2S/c1-15(2,3)14-17-11-13(18-14)10-16-9-12-7-5-4-6-8-12/h11-12,16H,4-10H2,1-3H3. The molecule has 0 spiro atoms. The summed E-state index contributed by atoms with van der Waals surface area (Å²) < 4.78 is 0. The zero-order chi connectivity index (χ0) is 13.0. The van der Waals surface area contributed by atoms with Crippen molar-refractivity contribution in [2.75, 3.05) is 6.54 Å². The largest absolute Gasteiger partial charge is 0.312 e. The van der Waals surface area contributed by atoms with E-state index in [0.29, 0.717) is 0 Å². The molecule has 1 fully saturated rings. The zero-order valence-electron chi connectivity index (χ0n) is 12.0. The van der Waals surface area contributed by atoms with Crippen molar-refractivity contribution in [3.05, 3.63) is 16.1 Å². The Labute approximate surface area is 115 Å². The van der Waals surface area contributed by atoms with Gasteiger partial charge in [-0.2, -0.15) is 0 Å². The van der Waals surface area contributed by atoms with E-state index in [4.69, 9.17) is 0 Å². The fraction of sp³-hybridized carbons (Fsp3) is 0.800. The normalized spacial score (nSPS) is 18.2. The number of aromatic nitrogens is 1. The van der Waals surface area contributed by atoms with Crippen LogP contribution >= 0.6 is 11.3 Å². The van der Waals surface area contributed by atoms with Gasteiger partial charge in [-0.05, 0) is 25.3 Å². The Bertz CT molecular complexity index is 359. The number of thiazole rings is 1. The molecule has 1 aromatic rings. The Balaban J connectivity index is 1.74. The molecule has 0 atom stereocenters. The monoisotopic (exact) mass is 266 g/mol. The molecule has 2 nitrogen and oxygen atoms in total. The van der Waals surface area contributed by atoms with Crippen LogP contribution in [0, 0.1) is 5.92 Å². The van der Waals surface area contributed by atoms with Gasteiger partial charge in [-0.3, -0.25) is 0 Å². The van der Waals surface area contributed by atoms with Gasteiger partial charge in [0.25, 0.3) is 0 Å². The molecule has 1 aromatic heterocycles. The maximum Gasteiger partial charge on any atom is 0.0981 e. The molecule has 18 heavy (non-hydrogen) atoms. The first-order valence-electron chi connectivity index (χ1n) is 7.21. The van der Waals surface area contributed by atoms with Crippen molar-refractivity contribution in [3.8, 4) is 0 Å². The van der Waals surface area contributed by atoms with E-state index in [1.807, 2.05) is 17.5 Å². The van der Waals surface area contributed by atoms with E-state index in [-0.39, 0.29) is 5.41 Å². The van der Waals surface area contributed by atoms with Crippen LogP contribution in [0.1, 0.15) is 62.8 Å². The van der Waals surface area contributed by atoms with E-state index in [0.717, 1.165) is 12.5 Å². The van der Waals surface area contributed by atoms with Crippen LogP contribution in [-0.4, -0.2) is 11.5 Å². The van der Waals surface area contributed by atoms with Gasteiger partial charge in [0.05, 0.1) is 5.01 Å². The van der Waals surface area contributed by atoms with Gasteiger partial charge in [0.1, 0.15) is 0 Å². The third kappa shape index (κ3) is 4.06. The van der Waals surface area contributed by atoms with E-state index in [1.54, 1.807) is 0 Å². The van der Waals surface area contributed by atoms with Crippen LogP contribution in [0.15, 0.2) is 6.20 Å². The van der Waals surface area contributed by atoms with E-state index < -0.39 is 0 Å². The first-order chi connectivity index (χ1) is 8.55. The molecule has 1 N–H and O–H groups in total. The number of hydrogen-bond acceptors (Lipinski definition) is 3. The summed E-state index contributed by atoms with van der Waals surface area (Å²) in [5, 5.41) is 4.85. The van der Waals surface area contributed by atoms with Crippen molar-refractivity contribution < 1.29 is 0 Å². The summed E-state index contributed by atoms with van der Waals surface area (Å²) in [5.74, 6) is 0.911. The predicted octanol–water partition coefficient (Wildman–Crippen LogP) is 4.11. The number of hydrogen-bond donors (Lipinski definition) is 1. The first-order valence-corrected chi connectivity index (χ1v) is 8.03. The second-order valence-electron chi connectivity index (χ2n) is 6.52. The third-order valence-corrected chi connectivity index (χ3v) is 5.08. The van der Waals surface area contributed by atoms with Crippen molar-refractivity contribution in [2.45, 2.75) is 64.8 Å². The Morgan fingerprint density at radius 1 is 1.28 bits per heavy atom. The van der Waals surface area contributed by atoms with E-state index in [1.165, 1.54) is 48.5 Å². The molecule has 1 aliphatic carbocycles. The quantitative estimate of drug-likeness (QED) is 0.887. The van der Waals surface area contributed by atoms with Crippen LogP contribution in [0.25, 0.3) is 0 Å². The van der Waals surface area contributed by atoms with Crippen molar-refractivity contribution in [1.29, 1.82) is 0 Å². The maximum absolute atomic E-state index is 4.53. The van der Waals surface area contributed by atoms with Gasteiger partial charge in [-0.25, -0.2) is 4.98 Å². The molecule has 102 valence electrons. The molecule has 0 bridgehead atoms. The highest BCUT2D eigenvalue weighted by Crippen LogP contribution is 2.27. The second-order valence-corrected chi connectivity index (χ2v) is 7.63. The lowest BCUT2D eigenvalue weighted by Gasteiger charge is -2.21.